The Labute approximate surface area is 180 Å². The summed E-state index contributed by atoms with van der Waals surface area (Å²) < 4.78 is 68.3. The summed E-state index contributed by atoms with van der Waals surface area (Å²) in [5, 5.41) is 4.94. The fourth-order valence-corrected chi connectivity index (χ4v) is 5.05. The minimum Gasteiger partial charge on any atom is -0.325 e. The van der Waals surface area contributed by atoms with E-state index >= 15 is 0 Å². The van der Waals surface area contributed by atoms with Gasteiger partial charge in [0.2, 0.25) is 0 Å². The maximum absolute atomic E-state index is 13.1. The molecular formula is C21H16F3N5O2S. The molecule has 0 fully saturated rings. The zero-order valence-electron chi connectivity index (χ0n) is 16.9. The summed E-state index contributed by atoms with van der Waals surface area (Å²) in [4.78, 5) is 8.75. The standard InChI is InChI=1S/C21H16F3N5O2S/c1-3-32(30,31)19-16-6-4-5-9-29(16)27-17(19)20-26-15-11-25-14-10-12(21(22,23)24)7-8-13(14)18(15)28(20)2/h4-11H,3H2,1-2H3. The number of aryl methyl sites for hydroxylation is 1. The molecule has 0 saturated carbocycles. The number of alkyl halides is 3. The Balaban J connectivity index is 1.83. The SMILES string of the molecule is CCS(=O)(=O)c1c(-c2nc3cnc4cc(C(F)(F)F)ccc4c3n2C)nn2ccccc12. The molecule has 0 radical (unpaired) electrons. The molecule has 7 nitrogen and oxygen atoms in total. The molecule has 4 aromatic heterocycles. The maximum Gasteiger partial charge on any atom is 0.416 e. The van der Waals surface area contributed by atoms with Crippen LogP contribution in [-0.2, 0) is 23.1 Å². The van der Waals surface area contributed by atoms with E-state index in [0.717, 1.165) is 12.1 Å². The Kier molecular flexibility index (Phi) is 4.32. The second-order valence-corrected chi connectivity index (χ2v) is 9.54. The van der Waals surface area contributed by atoms with Gasteiger partial charge >= 0.3 is 6.18 Å². The average molecular weight is 459 g/mol. The molecule has 1 aromatic carbocycles. The van der Waals surface area contributed by atoms with Crippen LogP contribution in [0.15, 0.2) is 53.7 Å². The van der Waals surface area contributed by atoms with Gasteiger partial charge < -0.3 is 4.57 Å². The van der Waals surface area contributed by atoms with E-state index in [-0.39, 0.29) is 27.7 Å². The van der Waals surface area contributed by atoms with E-state index in [0.29, 0.717) is 21.9 Å². The van der Waals surface area contributed by atoms with Crippen LogP contribution in [-0.4, -0.2) is 38.3 Å². The highest BCUT2D eigenvalue weighted by Crippen LogP contribution is 2.36. The van der Waals surface area contributed by atoms with Crippen molar-refractivity contribution in [2.24, 2.45) is 7.05 Å². The van der Waals surface area contributed by atoms with Gasteiger partial charge in [0.15, 0.2) is 15.7 Å². The molecule has 0 amide bonds. The molecule has 0 atom stereocenters. The molecule has 0 spiro atoms. The monoisotopic (exact) mass is 459 g/mol. The molecule has 0 bridgehead atoms. The van der Waals surface area contributed by atoms with Crippen molar-refractivity contribution in [1.82, 2.24) is 24.1 Å². The summed E-state index contributed by atoms with van der Waals surface area (Å²) in [7, 11) is -1.98. The number of hydrogen-bond acceptors (Lipinski definition) is 5. The Morgan fingerprint density at radius 3 is 2.59 bits per heavy atom. The lowest BCUT2D eigenvalue weighted by atomic mass is 10.1. The van der Waals surface area contributed by atoms with E-state index in [4.69, 9.17) is 0 Å². The highest BCUT2D eigenvalue weighted by Gasteiger charge is 2.31. The minimum atomic E-state index is -4.48. The van der Waals surface area contributed by atoms with E-state index in [9.17, 15) is 21.6 Å². The van der Waals surface area contributed by atoms with Gasteiger partial charge in [-0.3, -0.25) is 4.98 Å². The van der Waals surface area contributed by atoms with Crippen molar-refractivity contribution in [1.29, 1.82) is 0 Å². The van der Waals surface area contributed by atoms with Gasteiger partial charge in [-0.25, -0.2) is 17.9 Å². The van der Waals surface area contributed by atoms with Crippen molar-refractivity contribution in [3.63, 3.8) is 0 Å². The molecule has 0 aliphatic heterocycles. The zero-order chi connectivity index (χ0) is 22.8. The number of hydrogen-bond donors (Lipinski definition) is 0. The van der Waals surface area contributed by atoms with Crippen LogP contribution in [0, 0.1) is 0 Å². The van der Waals surface area contributed by atoms with Crippen LogP contribution >= 0.6 is 0 Å². The number of pyridine rings is 2. The fourth-order valence-electron chi connectivity index (χ4n) is 3.86. The molecule has 32 heavy (non-hydrogen) atoms. The van der Waals surface area contributed by atoms with Crippen LogP contribution in [0.25, 0.3) is 39.0 Å². The Hall–Kier alpha value is -3.47. The second-order valence-electron chi connectivity index (χ2n) is 7.33. The molecule has 5 rings (SSSR count). The van der Waals surface area contributed by atoms with Crippen LogP contribution in [0.2, 0.25) is 0 Å². The molecule has 0 aliphatic rings. The van der Waals surface area contributed by atoms with Gasteiger partial charge in [-0.2, -0.15) is 18.3 Å². The smallest absolute Gasteiger partial charge is 0.325 e. The topological polar surface area (TPSA) is 82.1 Å². The molecule has 11 heteroatoms. The van der Waals surface area contributed by atoms with Crippen molar-refractivity contribution in [3.8, 4) is 11.5 Å². The summed E-state index contributed by atoms with van der Waals surface area (Å²) in [6.07, 6.45) is -1.46. The third-order valence-electron chi connectivity index (χ3n) is 5.43. The largest absolute Gasteiger partial charge is 0.416 e. The molecule has 0 N–H and O–H groups in total. The first kappa shape index (κ1) is 20.4. The number of fused-ring (bicyclic) bond motifs is 4. The second kappa shape index (κ2) is 6.76. The summed E-state index contributed by atoms with van der Waals surface area (Å²) in [6, 6.07) is 8.45. The number of sulfone groups is 1. The van der Waals surface area contributed by atoms with E-state index in [1.54, 1.807) is 42.9 Å². The van der Waals surface area contributed by atoms with Crippen molar-refractivity contribution in [3.05, 3.63) is 54.4 Å². The zero-order valence-corrected chi connectivity index (χ0v) is 17.7. The summed E-state index contributed by atoms with van der Waals surface area (Å²) >= 11 is 0. The highest BCUT2D eigenvalue weighted by molar-refractivity contribution is 7.91. The lowest BCUT2D eigenvalue weighted by molar-refractivity contribution is -0.137. The highest BCUT2D eigenvalue weighted by atomic mass is 32.2. The molecular weight excluding hydrogens is 443 g/mol. The lowest BCUT2D eigenvalue weighted by Gasteiger charge is -2.08. The number of benzene rings is 1. The molecule has 4 heterocycles. The molecule has 0 unspecified atom stereocenters. The lowest BCUT2D eigenvalue weighted by Crippen LogP contribution is -2.06. The average Bonchev–Trinajstić information content (AvgIpc) is 3.31. The van der Waals surface area contributed by atoms with Gasteiger partial charge in [-0.05, 0) is 24.3 Å². The van der Waals surface area contributed by atoms with Gasteiger partial charge in [-0.1, -0.05) is 19.1 Å². The van der Waals surface area contributed by atoms with Crippen molar-refractivity contribution in [2.45, 2.75) is 18.0 Å². The molecule has 5 aromatic rings. The van der Waals surface area contributed by atoms with Gasteiger partial charge in [0.05, 0.1) is 34.1 Å². The van der Waals surface area contributed by atoms with Crippen molar-refractivity contribution < 1.29 is 21.6 Å². The van der Waals surface area contributed by atoms with E-state index in [1.807, 2.05) is 0 Å². The Morgan fingerprint density at radius 1 is 1.09 bits per heavy atom. The third-order valence-corrected chi connectivity index (χ3v) is 7.21. The maximum atomic E-state index is 13.1. The van der Waals surface area contributed by atoms with Crippen LogP contribution in [0.4, 0.5) is 13.2 Å². The van der Waals surface area contributed by atoms with Crippen LogP contribution < -0.4 is 0 Å². The van der Waals surface area contributed by atoms with Crippen molar-refractivity contribution in [2.75, 3.05) is 5.75 Å². The molecule has 0 saturated heterocycles. The molecule has 0 aliphatic carbocycles. The van der Waals surface area contributed by atoms with Crippen LogP contribution in [0.1, 0.15) is 12.5 Å². The minimum absolute atomic E-state index is 0.0654. The van der Waals surface area contributed by atoms with E-state index in [1.165, 1.54) is 16.8 Å². The van der Waals surface area contributed by atoms with Gasteiger partial charge in [0.1, 0.15) is 16.1 Å². The first-order chi connectivity index (χ1) is 15.1. The number of imidazole rings is 1. The quantitative estimate of drug-likeness (QED) is 0.403. The number of rotatable bonds is 3. The first-order valence-corrected chi connectivity index (χ1v) is 11.3. The van der Waals surface area contributed by atoms with Gasteiger partial charge in [0, 0.05) is 18.6 Å². The summed E-state index contributed by atoms with van der Waals surface area (Å²) in [5.41, 5.74) is 0.933. The van der Waals surface area contributed by atoms with Gasteiger partial charge in [0.25, 0.3) is 0 Å². The number of nitrogens with zero attached hydrogens (tertiary/aromatic N) is 5. The summed E-state index contributed by atoms with van der Waals surface area (Å²) in [6.45, 7) is 1.55. The van der Waals surface area contributed by atoms with Crippen molar-refractivity contribution >= 4 is 37.3 Å². The first-order valence-electron chi connectivity index (χ1n) is 9.64. The number of aromatic nitrogens is 5. The Morgan fingerprint density at radius 2 is 1.88 bits per heavy atom. The Bertz CT molecular complexity index is 1630. The number of halogens is 3. The van der Waals surface area contributed by atoms with E-state index < -0.39 is 21.6 Å². The van der Waals surface area contributed by atoms with Crippen LogP contribution in [0.3, 0.4) is 0 Å². The third kappa shape index (κ3) is 2.95. The normalized spacial score (nSPS) is 12.9. The fraction of sp³-hybridized carbons (Fsp3) is 0.190. The van der Waals surface area contributed by atoms with Gasteiger partial charge in [-0.15, -0.1) is 0 Å². The summed E-state index contributed by atoms with van der Waals surface area (Å²) in [5.74, 6) is 0.162. The predicted molar refractivity (Wildman–Crippen MR) is 113 cm³/mol. The van der Waals surface area contributed by atoms with Crippen LogP contribution in [0.5, 0.6) is 0 Å². The predicted octanol–water partition coefficient (Wildman–Crippen LogP) is 4.25. The van der Waals surface area contributed by atoms with E-state index in [2.05, 4.69) is 15.1 Å². The molecule has 164 valence electrons.